The first-order chi connectivity index (χ1) is 10.8. The van der Waals surface area contributed by atoms with Crippen molar-refractivity contribution < 1.29 is 55.1 Å². The van der Waals surface area contributed by atoms with Gasteiger partial charge in [-0.3, -0.25) is 0 Å². The molecule has 0 aromatic heterocycles. The van der Waals surface area contributed by atoms with Crippen LogP contribution in [0.4, 0.5) is 0 Å². The van der Waals surface area contributed by atoms with Crippen LogP contribution < -0.4 is 0 Å². The number of hydrogen-bond acceptors (Lipinski definition) is 11. The zero-order valence-corrected chi connectivity index (χ0v) is 12.0. The van der Waals surface area contributed by atoms with Gasteiger partial charge in [0.25, 0.3) is 0 Å². The van der Waals surface area contributed by atoms with Gasteiger partial charge in [0, 0.05) is 0 Å². The summed E-state index contributed by atoms with van der Waals surface area (Å²) in [5, 5.41) is 76.7. The molecule has 2 aliphatic heterocycles. The van der Waals surface area contributed by atoms with Gasteiger partial charge in [-0.1, -0.05) is 0 Å². The lowest BCUT2D eigenvalue weighted by Crippen LogP contribution is -2.62. The fraction of sp³-hybridized carbons (Fsp3) is 1.00. The summed E-state index contributed by atoms with van der Waals surface area (Å²) >= 11 is 0. The Kier molecular flexibility index (Phi) is 5.92. The van der Waals surface area contributed by atoms with E-state index >= 15 is 0 Å². The van der Waals surface area contributed by atoms with Gasteiger partial charge in [-0.15, -0.1) is 0 Å². The minimum atomic E-state index is -2.22. The normalized spacial score (nSPS) is 51.1. The maximum absolute atomic E-state index is 10.00. The van der Waals surface area contributed by atoms with Crippen molar-refractivity contribution in [1.29, 1.82) is 0 Å². The molecular formula is C12H22O11. The van der Waals surface area contributed by atoms with Crippen LogP contribution in [0.1, 0.15) is 0 Å². The van der Waals surface area contributed by atoms with Gasteiger partial charge in [-0.25, -0.2) is 0 Å². The van der Waals surface area contributed by atoms with Crippen LogP contribution >= 0.6 is 0 Å². The summed E-state index contributed by atoms with van der Waals surface area (Å²) in [5.74, 6) is -2.22. The largest absolute Gasteiger partial charge is 0.394 e. The summed E-state index contributed by atoms with van der Waals surface area (Å²) in [6.07, 6.45) is -12.7. The predicted molar refractivity (Wildman–Crippen MR) is 68.6 cm³/mol. The minimum Gasteiger partial charge on any atom is -0.394 e. The van der Waals surface area contributed by atoms with Crippen LogP contribution in [-0.2, 0) is 14.2 Å². The molecule has 0 spiro atoms. The Hall–Kier alpha value is -0.440. The van der Waals surface area contributed by atoms with Crippen LogP contribution in [0.3, 0.4) is 0 Å². The van der Waals surface area contributed by atoms with E-state index in [1.54, 1.807) is 0 Å². The maximum Gasteiger partial charge on any atom is 0.224 e. The van der Waals surface area contributed by atoms with Crippen molar-refractivity contribution in [2.24, 2.45) is 0 Å². The van der Waals surface area contributed by atoms with Crippen molar-refractivity contribution in [3.8, 4) is 0 Å². The Balaban J connectivity index is 2.18. The molecule has 2 rings (SSSR count). The molecule has 0 aromatic carbocycles. The summed E-state index contributed by atoms with van der Waals surface area (Å²) in [6, 6.07) is 0. The summed E-state index contributed by atoms with van der Waals surface area (Å²) in [7, 11) is 0. The van der Waals surface area contributed by atoms with Gasteiger partial charge >= 0.3 is 0 Å². The highest BCUT2D eigenvalue weighted by Crippen LogP contribution is 2.35. The second-order valence-corrected chi connectivity index (χ2v) is 5.56. The molecule has 11 nitrogen and oxygen atoms in total. The Labute approximate surface area is 130 Å². The molecule has 0 aliphatic carbocycles. The maximum atomic E-state index is 10.00. The molecular weight excluding hydrogens is 320 g/mol. The topological polar surface area (TPSA) is 190 Å². The molecule has 2 aliphatic rings. The van der Waals surface area contributed by atoms with Crippen molar-refractivity contribution in [3.05, 3.63) is 0 Å². The average Bonchev–Trinajstić information content (AvgIpc) is 2.80. The second kappa shape index (κ2) is 7.21. The first kappa shape index (κ1) is 18.9. The van der Waals surface area contributed by atoms with Gasteiger partial charge in [0.05, 0.1) is 13.2 Å². The first-order valence-corrected chi connectivity index (χ1v) is 7.05. The van der Waals surface area contributed by atoms with E-state index in [1.807, 2.05) is 0 Å². The third kappa shape index (κ3) is 3.23. The number of aliphatic hydroxyl groups excluding tert-OH is 8. The zero-order chi connectivity index (χ0) is 17.4. The molecule has 9 atom stereocenters. The number of rotatable bonds is 5. The lowest BCUT2D eigenvalue weighted by Gasteiger charge is -2.43. The van der Waals surface area contributed by atoms with E-state index in [2.05, 4.69) is 0 Å². The van der Waals surface area contributed by atoms with E-state index in [1.165, 1.54) is 0 Å². The van der Waals surface area contributed by atoms with Crippen LogP contribution in [0.15, 0.2) is 0 Å². The second-order valence-electron chi connectivity index (χ2n) is 5.56. The fourth-order valence-electron chi connectivity index (χ4n) is 2.63. The molecule has 8 N–H and O–H groups in total. The van der Waals surface area contributed by atoms with E-state index in [9.17, 15) is 30.6 Å². The molecule has 0 amide bonds. The molecule has 2 saturated heterocycles. The third-order valence-corrected chi connectivity index (χ3v) is 4.07. The summed E-state index contributed by atoms with van der Waals surface area (Å²) in [6.45, 7) is -2.32. The molecule has 3 unspecified atom stereocenters. The van der Waals surface area contributed by atoms with Gasteiger partial charge in [0.2, 0.25) is 5.79 Å². The van der Waals surface area contributed by atoms with Crippen LogP contribution in [-0.4, -0.2) is 115 Å². The molecule has 136 valence electrons. The molecule has 2 heterocycles. The van der Waals surface area contributed by atoms with Crippen molar-refractivity contribution in [2.45, 2.75) is 54.8 Å². The lowest BCUT2D eigenvalue weighted by atomic mass is 9.99. The lowest BCUT2D eigenvalue weighted by molar-refractivity contribution is -0.383. The standard InChI is InChI=1S/C12H22O11/c13-1-4-6(16)8(18)9(19)11(21-4)23-12(3-15)10(20)7(17)5(2-14)22-12/h4-11,13-20H,1-3H2/t4?,5-,6-,7+,8+,9+,10?,11?,12+/m1/s1. The molecule has 2 fully saturated rings. The molecule has 11 heteroatoms. The van der Waals surface area contributed by atoms with E-state index in [4.69, 9.17) is 24.4 Å². The summed E-state index contributed by atoms with van der Waals surface area (Å²) in [4.78, 5) is 0. The quantitative estimate of drug-likeness (QED) is 0.238. The van der Waals surface area contributed by atoms with Gasteiger partial charge in [0.1, 0.15) is 49.3 Å². The summed E-state index contributed by atoms with van der Waals surface area (Å²) < 4.78 is 15.4. The smallest absolute Gasteiger partial charge is 0.224 e. The van der Waals surface area contributed by atoms with Crippen LogP contribution in [0.5, 0.6) is 0 Å². The van der Waals surface area contributed by atoms with Gasteiger partial charge < -0.3 is 55.1 Å². The highest BCUT2D eigenvalue weighted by atomic mass is 16.8. The fourth-order valence-corrected chi connectivity index (χ4v) is 2.63. The average molecular weight is 342 g/mol. The minimum absolute atomic E-state index is 0.669. The van der Waals surface area contributed by atoms with Crippen molar-refractivity contribution in [1.82, 2.24) is 0 Å². The Bertz CT molecular complexity index is 393. The third-order valence-electron chi connectivity index (χ3n) is 4.07. The molecule has 0 radical (unpaired) electrons. The number of aliphatic hydroxyl groups is 8. The van der Waals surface area contributed by atoms with E-state index < -0.39 is 74.6 Å². The van der Waals surface area contributed by atoms with Gasteiger partial charge in [0.15, 0.2) is 6.29 Å². The predicted octanol–water partition coefficient (Wildman–Crippen LogP) is -5.40. The van der Waals surface area contributed by atoms with Crippen molar-refractivity contribution in [3.63, 3.8) is 0 Å². The number of ether oxygens (including phenoxy) is 3. The Morgan fingerprint density at radius 3 is 1.87 bits per heavy atom. The zero-order valence-electron chi connectivity index (χ0n) is 12.0. The van der Waals surface area contributed by atoms with Crippen molar-refractivity contribution in [2.75, 3.05) is 19.8 Å². The molecule has 0 bridgehead atoms. The van der Waals surface area contributed by atoms with Gasteiger partial charge in [-0.05, 0) is 0 Å². The molecule has 0 aromatic rings. The first-order valence-electron chi connectivity index (χ1n) is 7.05. The van der Waals surface area contributed by atoms with Gasteiger partial charge in [-0.2, -0.15) is 0 Å². The van der Waals surface area contributed by atoms with E-state index in [0.717, 1.165) is 0 Å². The summed E-state index contributed by atoms with van der Waals surface area (Å²) in [5.41, 5.74) is 0. The van der Waals surface area contributed by atoms with Crippen LogP contribution in [0, 0.1) is 0 Å². The van der Waals surface area contributed by atoms with Crippen LogP contribution in [0.2, 0.25) is 0 Å². The molecule has 0 saturated carbocycles. The highest BCUT2D eigenvalue weighted by Gasteiger charge is 2.58. The van der Waals surface area contributed by atoms with Crippen LogP contribution in [0.25, 0.3) is 0 Å². The monoisotopic (exact) mass is 342 g/mol. The van der Waals surface area contributed by atoms with E-state index in [-0.39, 0.29) is 0 Å². The number of hydrogen-bond donors (Lipinski definition) is 8. The van der Waals surface area contributed by atoms with Crippen molar-refractivity contribution >= 4 is 0 Å². The molecule has 23 heavy (non-hydrogen) atoms. The van der Waals surface area contributed by atoms with E-state index in [0.29, 0.717) is 0 Å². The Morgan fingerprint density at radius 1 is 0.783 bits per heavy atom. The Morgan fingerprint density at radius 2 is 1.39 bits per heavy atom. The SMILES string of the molecule is OCC1OC(O[C@]2(CO)O[C@H](CO)[C@H](O)C2O)[C@@H](O)[C@@H](O)[C@@H]1O. The highest BCUT2D eigenvalue weighted by molar-refractivity contribution is 4.98.